The van der Waals surface area contributed by atoms with Crippen molar-refractivity contribution in [3.8, 4) is 0 Å². The van der Waals surface area contributed by atoms with Crippen molar-refractivity contribution in [2.75, 3.05) is 26.3 Å². The third-order valence-electron chi connectivity index (χ3n) is 3.20. The molecule has 0 aromatic rings. The van der Waals surface area contributed by atoms with E-state index in [9.17, 15) is 13.2 Å². The number of ether oxygens (including phenoxy) is 1. The summed E-state index contributed by atoms with van der Waals surface area (Å²) in [5.41, 5.74) is 0. The van der Waals surface area contributed by atoms with Crippen molar-refractivity contribution in [2.24, 2.45) is 17.8 Å². The molecule has 0 aromatic heterocycles. The zero-order valence-electron chi connectivity index (χ0n) is 12.5. The van der Waals surface area contributed by atoms with E-state index < -0.39 is 12.8 Å². The molecule has 116 valence electrons. The number of hydrogen-bond donors (Lipinski definition) is 1. The number of rotatable bonds is 10. The summed E-state index contributed by atoms with van der Waals surface area (Å²) >= 11 is 0. The van der Waals surface area contributed by atoms with E-state index in [2.05, 4.69) is 37.7 Å². The first-order valence-electron chi connectivity index (χ1n) is 7.07. The van der Waals surface area contributed by atoms with Crippen molar-refractivity contribution < 1.29 is 17.9 Å². The van der Waals surface area contributed by atoms with Crippen LogP contribution in [0.15, 0.2) is 0 Å². The Labute approximate surface area is 115 Å². The molecule has 0 rings (SSSR count). The van der Waals surface area contributed by atoms with Gasteiger partial charge in [0, 0.05) is 6.61 Å². The molecule has 1 N–H and O–H groups in total. The smallest absolute Gasteiger partial charge is 0.372 e. The van der Waals surface area contributed by atoms with E-state index in [-0.39, 0.29) is 6.61 Å². The summed E-state index contributed by atoms with van der Waals surface area (Å²) in [5, 5.41) is 3.41. The SMILES string of the molecule is CC(C)CNCC(C)C(C)CCCOCC(F)(F)F. The maximum atomic E-state index is 11.8. The van der Waals surface area contributed by atoms with Gasteiger partial charge in [-0.3, -0.25) is 0 Å². The average molecular weight is 283 g/mol. The van der Waals surface area contributed by atoms with Crippen LogP contribution in [0.5, 0.6) is 0 Å². The summed E-state index contributed by atoms with van der Waals surface area (Å²) in [4.78, 5) is 0. The van der Waals surface area contributed by atoms with Crippen molar-refractivity contribution in [1.82, 2.24) is 5.32 Å². The molecule has 0 bridgehead atoms. The van der Waals surface area contributed by atoms with Crippen LogP contribution in [0, 0.1) is 17.8 Å². The van der Waals surface area contributed by atoms with Crippen molar-refractivity contribution >= 4 is 0 Å². The Hall–Kier alpha value is -0.290. The molecule has 5 heteroatoms. The molecule has 0 heterocycles. The van der Waals surface area contributed by atoms with E-state index in [0.717, 1.165) is 19.5 Å². The summed E-state index contributed by atoms with van der Waals surface area (Å²) in [6.07, 6.45) is -2.62. The second-order valence-corrected chi connectivity index (χ2v) is 5.82. The Bertz CT molecular complexity index is 219. The largest absolute Gasteiger partial charge is 0.411 e. The lowest BCUT2D eigenvalue weighted by Crippen LogP contribution is -2.28. The van der Waals surface area contributed by atoms with Gasteiger partial charge < -0.3 is 10.1 Å². The summed E-state index contributed by atoms with van der Waals surface area (Å²) in [5.74, 6) is 1.66. The summed E-state index contributed by atoms with van der Waals surface area (Å²) in [7, 11) is 0. The van der Waals surface area contributed by atoms with Crippen molar-refractivity contribution in [3.05, 3.63) is 0 Å². The molecule has 0 aliphatic carbocycles. The highest BCUT2D eigenvalue weighted by atomic mass is 19.4. The van der Waals surface area contributed by atoms with Gasteiger partial charge in [-0.2, -0.15) is 13.2 Å². The Morgan fingerprint density at radius 1 is 1.00 bits per heavy atom. The zero-order chi connectivity index (χ0) is 14.9. The minimum absolute atomic E-state index is 0.190. The fourth-order valence-electron chi connectivity index (χ4n) is 1.78. The molecule has 2 atom stereocenters. The molecule has 0 aliphatic rings. The summed E-state index contributed by atoms with van der Waals surface area (Å²) in [6.45, 7) is 9.68. The third-order valence-corrected chi connectivity index (χ3v) is 3.20. The Balaban J connectivity index is 3.54. The van der Waals surface area contributed by atoms with Gasteiger partial charge in [0.2, 0.25) is 0 Å². The van der Waals surface area contributed by atoms with Crippen LogP contribution in [0.1, 0.15) is 40.5 Å². The van der Waals surface area contributed by atoms with Crippen LogP contribution in [-0.2, 0) is 4.74 Å². The summed E-state index contributed by atoms with van der Waals surface area (Å²) < 4.78 is 40.1. The fourth-order valence-corrected chi connectivity index (χ4v) is 1.78. The fraction of sp³-hybridized carbons (Fsp3) is 1.00. The number of hydrogen-bond acceptors (Lipinski definition) is 2. The lowest BCUT2D eigenvalue weighted by Gasteiger charge is -2.21. The highest BCUT2D eigenvalue weighted by molar-refractivity contribution is 4.65. The van der Waals surface area contributed by atoms with Crippen LogP contribution < -0.4 is 5.32 Å². The Morgan fingerprint density at radius 2 is 1.63 bits per heavy atom. The maximum absolute atomic E-state index is 11.8. The lowest BCUT2D eigenvalue weighted by atomic mass is 9.91. The van der Waals surface area contributed by atoms with Gasteiger partial charge in [-0.15, -0.1) is 0 Å². The standard InChI is InChI=1S/C14H28F3NO/c1-11(2)8-18-9-13(4)12(3)6-5-7-19-10-14(15,16)17/h11-13,18H,5-10H2,1-4H3. The van der Waals surface area contributed by atoms with E-state index in [1.807, 2.05) is 0 Å². The van der Waals surface area contributed by atoms with Crippen LogP contribution in [0.25, 0.3) is 0 Å². The van der Waals surface area contributed by atoms with Gasteiger partial charge in [0.05, 0.1) is 0 Å². The minimum Gasteiger partial charge on any atom is -0.372 e. The Morgan fingerprint density at radius 3 is 2.16 bits per heavy atom. The molecule has 0 spiro atoms. The minimum atomic E-state index is -4.21. The zero-order valence-corrected chi connectivity index (χ0v) is 12.5. The summed E-state index contributed by atoms with van der Waals surface area (Å²) in [6, 6.07) is 0. The van der Waals surface area contributed by atoms with E-state index >= 15 is 0 Å². The highest BCUT2D eigenvalue weighted by Crippen LogP contribution is 2.18. The molecule has 2 nitrogen and oxygen atoms in total. The first-order valence-corrected chi connectivity index (χ1v) is 7.07. The molecule has 0 aliphatic heterocycles. The van der Waals surface area contributed by atoms with Gasteiger partial charge >= 0.3 is 6.18 Å². The third kappa shape index (κ3) is 12.5. The van der Waals surface area contributed by atoms with Crippen LogP contribution in [0.4, 0.5) is 13.2 Å². The molecule has 0 fully saturated rings. The molecule has 0 saturated heterocycles. The van der Waals surface area contributed by atoms with E-state index in [1.165, 1.54) is 0 Å². The monoisotopic (exact) mass is 283 g/mol. The van der Waals surface area contributed by atoms with E-state index in [0.29, 0.717) is 24.2 Å². The van der Waals surface area contributed by atoms with Gasteiger partial charge in [0.25, 0.3) is 0 Å². The number of nitrogens with one attached hydrogen (secondary N) is 1. The quantitative estimate of drug-likeness (QED) is 0.615. The maximum Gasteiger partial charge on any atom is 0.411 e. The predicted molar refractivity (Wildman–Crippen MR) is 72.1 cm³/mol. The second-order valence-electron chi connectivity index (χ2n) is 5.82. The van der Waals surface area contributed by atoms with Crippen LogP contribution in [0.3, 0.4) is 0 Å². The normalized spacial score (nSPS) is 15.8. The van der Waals surface area contributed by atoms with Crippen molar-refractivity contribution in [1.29, 1.82) is 0 Å². The first-order chi connectivity index (χ1) is 8.72. The number of halogens is 3. The molecule has 2 unspecified atom stereocenters. The average Bonchev–Trinajstić information content (AvgIpc) is 2.26. The second kappa shape index (κ2) is 9.59. The lowest BCUT2D eigenvalue weighted by molar-refractivity contribution is -0.174. The molecular formula is C14H28F3NO. The van der Waals surface area contributed by atoms with Gasteiger partial charge in [0.1, 0.15) is 6.61 Å². The highest BCUT2D eigenvalue weighted by Gasteiger charge is 2.27. The Kier molecular flexibility index (Phi) is 9.44. The first kappa shape index (κ1) is 18.7. The molecule has 19 heavy (non-hydrogen) atoms. The van der Waals surface area contributed by atoms with Gasteiger partial charge in [-0.25, -0.2) is 0 Å². The van der Waals surface area contributed by atoms with E-state index in [4.69, 9.17) is 0 Å². The molecule has 0 aromatic carbocycles. The van der Waals surface area contributed by atoms with Crippen LogP contribution in [-0.4, -0.2) is 32.5 Å². The molecule has 0 amide bonds. The molecule has 0 saturated carbocycles. The predicted octanol–water partition coefficient (Wildman–Crippen LogP) is 3.86. The molecular weight excluding hydrogens is 255 g/mol. The molecule has 0 radical (unpaired) electrons. The van der Waals surface area contributed by atoms with Crippen molar-refractivity contribution in [2.45, 2.75) is 46.7 Å². The van der Waals surface area contributed by atoms with Crippen LogP contribution in [0.2, 0.25) is 0 Å². The van der Waals surface area contributed by atoms with Gasteiger partial charge in [-0.1, -0.05) is 27.7 Å². The van der Waals surface area contributed by atoms with Gasteiger partial charge in [-0.05, 0) is 43.7 Å². The van der Waals surface area contributed by atoms with Crippen molar-refractivity contribution in [3.63, 3.8) is 0 Å². The van der Waals surface area contributed by atoms with Gasteiger partial charge in [0.15, 0.2) is 0 Å². The number of alkyl halides is 3. The van der Waals surface area contributed by atoms with E-state index in [1.54, 1.807) is 0 Å². The topological polar surface area (TPSA) is 21.3 Å². The van der Waals surface area contributed by atoms with Crippen LogP contribution >= 0.6 is 0 Å².